The van der Waals surface area contributed by atoms with Crippen LogP contribution in [0.3, 0.4) is 0 Å². The first-order valence-electron chi connectivity index (χ1n) is 5.83. The second kappa shape index (κ2) is 3.39. The van der Waals surface area contributed by atoms with E-state index in [1.807, 2.05) is 12.1 Å². The summed E-state index contributed by atoms with van der Waals surface area (Å²) < 4.78 is 13.2. The van der Waals surface area contributed by atoms with Crippen LogP contribution in [0.5, 0.6) is 0 Å². The van der Waals surface area contributed by atoms with E-state index in [-0.39, 0.29) is 17.0 Å². The maximum atomic E-state index is 13.2. The second-order valence-electron chi connectivity index (χ2n) is 4.91. The normalized spacial score (nSPS) is 26.2. The molecule has 0 saturated carbocycles. The van der Waals surface area contributed by atoms with Crippen LogP contribution in [-0.4, -0.2) is 5.78 Å². The van der Waals surface area contributed by atoms with E-state index in [4.69, 9.17) is 0 Å². The fourth-order valence-electron chi connectivity index (χ4n) is 2.87. The number of fused-ring (bicyclic) bond motifs is 3. The quantitative estimate of drug-likeness (QED) is 0.667. The first kappa shape index (κ1) is 10.5. The van der Waals surface area contributed by atoms with Gasteiger partial charge < -0.3 is 0 Å². The maximum Gasteiger partial charge on any atom is 0.178 e. The van der Waals surface area contributed by atoms with Crippen molar-refractivity contribution in [1.82, 2.24) is 0 Å². The summed E-state index contributed by atoms with van der Waals surface area (Å²) in [6.07, 6.45) is 6.94. The predicted molar refractivity (Wildman–Crippen MR) is 64.3 cm³/mol. The van der Waals surface area contributed by atoms with Gasteiger partial charge >= 0.3 is 0 Å². The number of aryl methyl sites for hydroxylation is 1. The summed E-state index contributed by atoms with van der Waals surface area (Å²) in [6.45, 7) is 2.09. The van der Waals surface area contributed by atoms with Crippen molar-refractivity contribution in [3.05, 3.63) is 58.9 Å². The van der Waals surface area contributed by atoms with E-state index in [1.54, 1.807) is 18.2 Å². The first-order chi connectivity index (χ1) is 8.09. The summed E-state index contributed by atoms with van der Waals surface area (Å²) in [5, 5.41) is 0. The highest BCUT2D eigenvalue weighted by Gasteiger charge is 2.36. The molecule has 17 heavy (non-hydrogen) atoms. The standard InChI is InChI=1S/C15H13FO/c1-15-7-6-13(17)9-11(15)3-2-10-8-12(16)4-5-14(10)15/h4-9H,2-3H2,1H3/t15-/m1/s1. The Morgan fingerprint density at radius 1 is 1.29 bits per heavy atom. The number of halogens is 1. The summed E-state index contributed by atoms with van der Waals surface area (Å²) in [4.78, 5) is 11.4. The summed E-state index contributed by atoms with van der Waals surface area (Å²) >= 11 is 0. The van der Waals surface area contributed by atoms with Crippen LogP contribution in [0.15, 0.2) is 42.0 Å². The molecule has 0 bridgehead atoms. The third-order valence-electron chi connectivity index (χ3n) is 3.85. The number of carbonyl (C=O) groups excluding carboxylic acids is 1. The van der Waals surface area contributed by atoms with E-state index in [0.29, 0.717) is 0 Å². The molecule has 0 amide bonds. The summed E-state index contributed by atoms with van der Waals surface area (Å²) in [7, 11) is 0. The number of allylic oxidation sites excluding steroid dienone is 4. The molecule has 86 valence electrons. The average molecular weight is 228 g/mol. The third kappa shape index (κ3) is 1.47. The van der Waals surface area contributed by atoms with Crippen molar-refractivity contribution in [3.63, 3.8) is 0 Å². The molecule has 0 unspecified atom stereocenters. The molecule has 2 heteroatoms. The molecule has 0 N–H and O–H groups in total. The lowest BCUT2D eigenvalue weighted by atomic mass is 9.66. The van der Waals surface area contributed by atoms with Gasteiger partial charge in [0.25, 0.3) is 0 Å². The van der Waals surface area contributed by atoms with E-state index in [1.165, 1.54) is 6.07 Å². The Kier molecular flexibility index (Phi) is 2.09. The average Bonchev–Trinajstić information content (AvgIpc) is 2.30. The van der Waals surface area contributed by atoms with Crippen molar-refractivity contribution in [2.45, 2.75) is 25.2 Å². The van der Waals surface area contributed by atoms with Gasteiger partial charge in [0, 0.05) is 5.41 Å². The molecule has 0 radical (unpaired) electrons. The topological polar surface area (TPSA) is 17.1 Å². The highest BCUT2D eigenvalue weighted by atomic mass is 19.1. The van der Waals surface area contributed by atoms with E-state index < -0.39 is 0 Å². The van der Waals surface area contributed by atoms with Crippen molar-refractivity contribution in [1.29, 1.82) is 0 Å². The molecule has 1 aromatic rings. The highest BCUT2D eigenvalue weighted by molar-refractivity contribution is 6.01. The molecule has 0 aliphatic heterocycles. The van der Waals surface area contributed by atoms with Gasteiger partial charge in [0.1, 0.15) is 5.82 Å². The third-order valence-corrected chi connectivity index (χ3v) is 3.85. The Balaban J connectivity index is 2.20. The van der Waals surface area contributed by atoms with Crippen LogP contribution >= 0.6 is 0 Å². The van der Waals surface area contributed by atoms with Crippen molar-refractivity contribution < 1.29 is 9.18 Å². The molecule has 1 nitrogen and oxygen atoms in total. The molecule has 3 rings (SSSR count). The fraction of sp³-hybridized carbons (Fsp3) is 0.267. The number of benzene rings is 1. The lowest BCUT2D eigenvalue weighted by Gasteiger charge is -2.37. The Morgan fingerprint density at radius 3 is 2.94 bits per heavy atom. The minimum atomic E-state index is -0.227. The second-order valence-corrected chi connectivity index (χ2v) is 4.91. The molecule has 2 aliphatic rings. The predicted octanol–water partition coefficient (Wildman–Crippen LogP) is 3.09. The van der Waals surface area contributed by atoms with Crippen LogP contribution in [0.25, 0.3) is 0 Å². The van der Waals surface area contributed by atoms with Crippen LogP contribution in [0.4, 0.5) is 4.39 Å². The fourth-order valence-corrected chi connectivity index (χ4v) is 2.87. The molecular weight excluding hydrogens is 215 g/mol. The Bertz CT molecular complexity index is 568. The molecule has 1 atom stereocenters. The highest BCUT2D eigenvalue weighted by Crippen LogP contribution is 2.43. The smallest absolute Gasteiger partial charge is 0.178 e. The zero-order valence-electron chi connectivity index (χ0n) is 9.66. The van der Waals surface area contributed by atoms with Crippen molar-refractivity contribution in [3.8, 4) is 0 Å². The monoisotopic (exact) mass is 228 g/mol. The minimum absolute atomic E-state index is 0.0584. The summed E-state index contributed by atoms with van der Waals surface area (Å²) in [6, 6.07) is 4.96. The van der Waals surface area contributed by atoms with Crippen LogP contribution in [0.2, 0.25) is 0 Å². The lowest BCUT2D eigenvalue weighted by Crippen LogP contribution is -2.31. The molecule has 0 fully saturated rings. The van der Waals surface area contributed by atoms with Gasteiger partial charge in [0.05, 0.1) is 0 Å². The molecular formula is C15H13FO. The zero-order valence-corrected chi connectivity index (χ0v) is 9.66. The van der Waals surface area contributed by atoms with E-state index in [2.05, 4.69) is 6.92 Å². The molecule has 0 saturated heterocycles. The molecule has 1 aromatic carbocycles. The van der Waals surface area contributed by atoms with Gasteiger partial charge in [-0.25, -0.2) is 4.39 Å². The largest absolute Gasteiger partial charge is 0.290 e. The summed E-state index contributed by atoms with van der Waals surface area (Å²) in [5.74, 6) is -0.126. The van der Waals surface area contributed by atoms with E-state index in [9.17, 15) is 9.18 Å². The summed E-state index contributed by atoms with van der Waals surface area (Å²) in [5.41, 5.74) is 3.10. The number of carbonyl (C=O) groups is 1. The van der Waals surface area contributed by atoms with Crippen molar-refractivity contribution >= 4 is 5.78 Å². The Morgan fingerprint density at radius 2 is 2.12 bits per heavy atom. The van der Waals surface area contributed by atoms with Crippen molar-refractivity contribution in [2.75, 3.05) is 0 Å². The number of hydrogen-bond donors (Lipinski definition) is 0. The minimum Gasteiger partial charge on any atom is -0.290 e. The van der Waals surface area contributed by atoms with Crippen LogP contribution in [0, 0.1) is 5.82 Å². The SMILES string of the molecule is C[C@@]12C=CC(=O)C=C1CCc1cc(F)ccc12. The lowest BCUT2D eigenvalue weighted by molar-refractivity contribution is -0.110. The van der Waals surface area contributed by atoms with Crippen LogP contribution in [0.1, 0.15) is 24.5 Å². The number of hydrogen-bond acceptors (Lipinski definition) is 1. The number of ketones is 1. The van der Waals surface area contributed by atoms with Crippen molar-refractivity contribution in [2.24, 2.45) is 0 Å². The number of rotatable bonds is 0. The molecule has 2 aliphatic carbocycles. The van der Waals surface area contributed by atoms with Gasteiger partial charge in [-0.15, -0.1) is 0 Å². The van der Waals surface area contributed by atoms with Gasteiger partial charge in [-0.3, -0.25) is 4.79 Å². The van der Waals surface area contributed by atoms with E-state index >= 15 is 0 Å². The van der Waals surface area contributed by atoms with Gasteiger partial charge in [0.2, 0.25) is 0 Å². The molecule has 0 spiro atoms. The van der Waals surface area contributed by atoms with Gasteiger partial charge in [-0.05, 0) is 55.2 Å². The van der Waals surface area contributed by atoms with Gasteiger partial charge in [-0.1, -0.05) is 17.7 Å². The zero-order chi connectivity index (χ0) is 12.0. The molecule has 0 aromatic heterocycles. The first-order valence-corrected chi connectivity index (χ1v) is 5.83. The van der Waals surface area contributed by atoms with Gasteiger partial charge in [-0.2, -0.15) is 0 Å². The van der Waals surface area contributed by atoms with Crippen LogP contribution in [-0.2, 0) is 16.6 Å². The molecule has 0 heterocycles. The Labute approximate surface area is 99.7 Å². The maximum absolute atomic E-state index is 13.2. The van der Waals surface area contributed by atoms with Crippen LogP contribution < -0.4 is 0 Å². The van der Waals surface area contributed by atoms with E-state index in [0.717, 1.165) is 29.5 Å². The van der Waals surface area contributed by atoms with Gasteiger partial charge in [0.15, 0.2) is 5.78 Å². The Hall–Kier alpha value is -1.70.